The monoisotopic (exact) mass is 473 g/mol. The number of furan rings is 1. The van der Waals surface area contributed by atoms with Crippen molar-refractivity contribution in [3.63, 3.8) is 0 Å². The lowest BCUT2D eigenvalue weighted by Gasteiger charge is -2.35. The maximum Gasteiger partial charge on any atom is 0.287 e. The second kappa shape index (κ2) is 10.1. The quantitative estimate of drug-likeness (QED) is 0.695. The van der Waals surface area contributed by atoms with E-state index in [0.717, 1.165) is 0 Å². The summed E-state index contributed by atoms with van der Waals surface area (Å²) in [6.07, 6.45) is 7.49. The third kappa shape index (κ3) is 5.30. The Morgan fingerprint density at radius 3 is 2.27 bits per heavy atom. The van der Waals surface area contributed by atoms with Crippen molar-refractivity contribution in [3.8, 4) is 0 Å². The van der Waals surface area contributed by atoms with Crippen LogP contribution in [0, 0.1) is 0 Å². The summed E-state index contributed by atoms with van der Waals surface area (Å²) in [5, 5.41) is 2.62. The fourth-order valence-corrected chi connectivity index (χ4v) is 6.08. The lowest BCUT2D eigenvalue weighted by Crippen LogP contribution is -2.55. The summed E-state index contributed by atoms with van der Waals surface area (Å²) in [4.78, 5) is 26.7. The predicted octanol–water partition coefficient (Wildman–Crippen LogP) is 2.98. The zero-order chi connectivity index (χ0) is 23.4. The van der Waals surface area contributed by atoms with Gasteiger partial charge in [0.25, 0.3) is 5.91 Å². The smallest absolute Gasteiger partial charge is 0.287 e. The van der Waals surface area contributed by atoms with E-state index in [0.29, 0.717) is 10.8 Å². The molecule has 9 heteroatoms. The molecule has 178 valence electrons. The van der Waals surface area contributed by atoms with Gasteiger partial charge in [-0.1, -0.05) is 31.4 Å². The van der Waals surface area contributed by atoms with Crippen LogP contribution in [0.1, 0.15) is 61.1 Å². The fourth-order valence-electron chi connectivity index (χ4n) is 4.66. The Labute approximate surface area is 195 Å². The highest BCUT2D eigenvalue weighted by Crippen LogP contribution is 2.33. The lowest BCUT2D eigenvalue weighted by atomic mass is 9.84. The van der Waals surface area contributed by atoms with Gasteiger partial charge >= 0.3 is 0 Å². The second-order valence-corrected chi connectivity index (χ2v) is 10.7. The second-order valence-electron chi connectivity index (χ2n) is 8.81. The molecule has 2 aromatic rings. The molecular formula is C24H31N3O5S. The molecule has 2 fully saturated rings. The maximum absolute atomic E-state index is 13.1. The van der Waals surface area contributed by atoms with Crippen molar-refractivity contribution in [2.45, 2.75) is 55.9 Å². The number of hydrogen-bond donors (Lipinski definition) is 1. The number of amides is 2. The van der Waals surface area contributed by atoms with E-state index in [1.807, 2.05) is 12.1 Å². The minimum absolute atomic E-state index is 0.139. The van der Waals surface area contributed by atoms with Crippen molar-refractivity contribution in [2.24, 2.45) is 0 Å². The summed E-state index contributed by atoms with van der Waals surface area (Å²) in [5.74, 6) is -0.0390. The van der Waals surface area contributed by atoms with Crippen molar-refractivity contribution in [2.75, 3.05) is 26.2 Å². The topological polar surface area (TPSA) is 99.9 Å². The van der Waals surface area contributed by atoms with Gasteiger partial charge in [-0.25, -0.2) is 8.42 Å². The number of nitrogens with zero attached hydrogens (tertiary/aromatic N) is 2. The van der Waals surface area contributed by atoms with E-state index < -0.39 is 22.0 Å². The highest BCUT2D eigenvalue weighted by molar-refractivity contribution is 7.89. The van der Waals surface area contributed by atoms with Gasteiger partial charge in [-0.15, -0.1) is 0 Å². The number of rotatable bonds is 6. The van der Waals surface area contributed by atoms with Gasteiger partial charge in [-0.2, -0.15) is 4.31 Å². The van der Waals surface area contributed by atoms with Crippen LogP contribution in [0.2, 0.25) is 0 Å². The van der Waals surface area contributed by atoms with Crippen molar-refractivity contribution in [1.29, 1.82) is 0 Å². The Bertz CT molecular complexity index is 1050. The molecule has 1 aromatic carbocycles. The summed E-state index contributed by atoms with van der Waals surface area (Å²) in [6, 6.07) is 9.71. The summed E-state index contributed by atoms with van der Waals surface area (Å²) in [7, 11) is -3.61. The molecule has 1 atom stereocenters. The molecular weight excluding hydrogens is 442 g/mol. The normalized spacial score (nSPS) is 19.2. The van der Waals surface area contributed by atoms with Crippen LogP contribution in [0.3, 0.4) is 0 Å². The van der Waals surface area contributed by atoms with E-state index in [-0.39, 0.29) is 37.8 Å². The lowest BCUT2D eigenvalue weighted by molar-refractivity contribution is -0.134. The molecule has 4 rings (SSSR count). The molecule has 2 heterocycles. The zero-order valence-electron chi connectivity index (χ0n) is 18.9. The summed E-state index contributed by atoms with van der Waals surface area (Å²) in [6.45, 7) is 2.60. The first kappa shape index (κ1) is 23.5. The minimum atomic E-state index is -3.61. The van der Waals surface area contributed by atoms with Crippen molar-refractivity contribution in [1.82, 2.24) is 14.5 Å². The van der Waals surface area contributed by atoms with E-state index in [1.54, 1.807) is 30.0 Å². The molecule has 0 bridgehead atoms. The van der Waals surface area contributed by atoms with E-state index in [4.69, 9.17) is 4.42 Å². The molecule has 0 unspecified atom stereocenters. The molecule has 1 aliphatic carbocycles. The third-order valence-corrected chi connectivity index (χ3v) is 8.52. The molecule has 1 N–H and O–H groups in total. The SMILES string of the molecule is C[C@H](NC(=O)c1ccco1)C(=O)N1CCN(S(=O)(=O)c2ccc(C3CCCCC3)cc2)CC1. The first-order valence-electron chi connectivity index (χ1n) is 11.6. The van der Waals surface area contributed by atoms with Crippen LogP contribution in [0.25, 0.3) is 0 Å². The Balaban J connectivity index is 1.32. The Hall–Kier alpha value is -2.65. The zero-order valence-corrected chi connectivity index (χ0v) is 19.7. The molecule has 2 amide bonds. The third-order valence-electron chi connectivity index (χ3n) is 6.61. The Morgan fingerprint density at radius 2 is 1.67 bits per heavy atom. The average molecular weight is 474 g/mol. The molecule has 1 saturated heterocycles. The number of benzene rings is 1. The van der Waals surface area contributed by atoms with Gasteiger partial charge in [0.1, 0.15) is 6.04 Å². The van der Waals surface area contributed by atoms with Gasteiger partial charge in [-0.05, 0) is 55.5 Å². The first-order chi connectivity index (χ1) is 15.9. The van der Waals surface area contributed by atoms with Crippen LogP contribution in [-0.4, -0.2) is 61.7 Å². The Morgan fingerprint density at radius 1 is 1.00 bits per heavy atom. The number of piperazine rings is 1. The minimum Gasteiger partial charge on any atom is -0.459 e. The van der Waals surface area contributed by atoms with Crippen LogP contribution < -0.4 is 5.32 Å². The van der Waals surface area contributed by atoms with E-state index >= 15 is 0 Å². The molecule has 2 aliphatic rings. The summed E-state index contributed by atoms with van der Waals surface area (Å²) in [5.41, 5.74) is 1.22. The van der Waals surface area contributed by atoms with Gasteiger partial charge < -0.3 is 14.6 Å². The van der Waals surface area contributed by atoms with Crippen LogP contribution in [0.4, 0.5) is 0 Å². The number of sulfonamides is 1. The highest BCUT2D eigenvalue weighted by Gasteiger charge is 2.32. The predicted molar refractivity (Wildman–Crippen MR) is 123 cm³/mol. The van der Waals surface area contributed by atoms with Gasteiger partial charge in [0, 0.05) is 26.2 Å². The van der Waals surface area contributed by atoms with Crippen LogP contribution in [0.15, 0.2) is 52.0 Å². The van der Waals surface area contributed by atoms with E-state index in [9.17, 15) is 18.0 Å². The van der Waals surface area contributed by atoms with Gasteiger partial charge in [0.05, 0.1) is 11.2 Å². The standard InChI is InChI=1S/C24H31N3O5S/c1-18(25-23(28)22-8-5-17-32-22)24(29)26-13-15-27(16-14-26)33(30,31)21-11-9-20(10-12-21)19-6-3-2-4-7-19/h5,8-12,17-19H,2-4,6-7,13-16H2,1H3,(H,25,28)/t18-/m0/s1. The molecule has 0 radical (unpaired) electrons. The molecule has 0 spiro atoms. The molecule has 8 nitrogen and oxygen atoms in total. The van der Waals surface area contributed by atoms with Crippen LogP contribution >= 0.6 is 0 Å². The van der Waals surface area contributed by atoms with Crippen LogP contribution in [-0.2, 0) is 14.8 Å². The van der Waals surface area contributed by atoms with E-state index in [1.165, 1.54) is 54.3 Å². The maximum atomic E-state index is 13.1. The molecule has 33 heavy (non-hydrogen) atoms. The molecule has 1 saturated carbocycles. The van der Waals surface area contributed by atoms with Gasteiger partial charge in [0.2, 0.25) is 15.9 Å². The number of hydrogen-bond acceptors (Lipinski definition) is 5. The van der Waals surface area contributed by atoms with Crippen LogP contribution in [0.5, 0.6) is 0 Å². The van der Waals surface area contributed by atoms with Gasteiger partial charge in [-0.3, -0.25) is 9.59 Å². The summed E-state index contributed by atoms with van der Waals surface area (Å²) >= 11 is 0. The van der Waals surface area contributed by atoms with E-state index in [2.05, 4.69) is 5.32 Å². The molecule has 1 aromatic heterocycles. The van der Waals surface area contributed by atoms with Crippen molar-refractivity contribution < 1.29 is 22.4 Å². The highest BCUT2D eigenvalue weighted by atomic mass is 32.2. The number of nitrogens with one attached hydrogen (secondary N) is 1. The molecule has 1 aliphatic heterocycles. The Kier molecular flexibility index (Phi) is 7.19. The largest absolute Gasteiger partial charge is 0.459 e. The van der Waals surface area contributed by atoms with Crippen molar-refractivity contribution in [3.05, 3.63) is 54.0 Å². The first-order valence-corrected chi connectivity index (χ1v) is 13.0. The number of carbonyl (C=O) groups excluding carboxylic acids is 2. The summed E-state index contributed by atoms with van der Waals surface area (Å²) < 4.78 is 32.7. The van der Waals surface area contributed by atoms with Gasteiger partial charge in [0.15, 0.2) is 5.76 Å². The fraction of sp³-hybridized carbons (Fsp3) is 0.500. The number of carbonyl (C=O) groups is 2. The van der Waals surface area contributed by atoms with Crippen molar-refractivity contribution >= 4 is 21.8 Å². The average Bonchev–Trinajstić information content (AvgIpc) is 3.39.